The van der Waals surface area contributed by atoms with Crippen molar-refractivity contribution in [3.05, 3.63) is 6.20 Å². The molecule has 1 aliphatic rings. The van der Waals surface area contributed by atoms with Gasteiger partial charge in [-0.15, -0.1) is 0 Å². The molecule has 1 saturated heterocycles. The number of hydrogen-bond acceptors (Lipinski definition) is 8. The highest BCUT2D eigenvalue weighted by Gasteiger charge is 2.52. The van der Waals surface area contributed by atoms with E-state index >= 15 is 0 Å². The fourth-order valence-electron chi connectivity index (χ4n) is 2.26. The molecule has 0 aromatic carbocycles. The number of nitrogens with one attached hydrogen (secondary N) is 1. The Labute approximate surface area is 156 Å². The molecule has 0 spiro atoms. The van der Waals surface area contributed by atoms with E-state index in [9.17, 15) is 4.79 Å². The van der Waals surface area contributed by atoms with Crippen LogP contribution in [0.2, 0.25) is 0 Å². The topological polar surface area (TPSA) is 95.5 Å². The summed E-state index contributed by atoms with van der Waals surface area (Å²) in [6, 6.07) is 0. The van der Waals surface area contributed by atoms with Gasteiger partial charge in [-0.1, -0.05) is 11.3 Å². The van der Waals surface area contributed by atoms with Crippen molar-refractivity contribution >= 4 is 45.8 Å². The molecule has 0 aliphatic carbocycles. The van der Waals surface area contributed by atoms with Crippen molar-refractivity contribution in [1.82, 2.24) is 15.0 Å². The first-order chi connectivity index (χ1) is 11.9. The minimum atomic E-state index is -0.596. The predicted molar refractivity (Wildman–Crippen MR) is 101 cm³/mol. The number of rotatable bonds is 2. The standard InChI is InChI=1S/C16H23BN4O4S/c1-14(2,3)23-13(22)21-12-20-10-11(26-12)19-9(8-18-10)17-24-15(4,5)16(6,7)25-17/h8H,1-7H3,(H,18,20,21,22). The van der Waals surface area contributed by atoms with Crippen LogP contribution in [0.5, 0.6) is 0 Å². The van der Waals surface area contributed by atoms with Crippen LogP contribution in [0.15, 0.2) is 6.20 Å². The molecule has 1 aliphatic heterocycles. The Kier molecular flexibility index (Phi) is 4.49. The summed E-state index contributed by atoms with van der Waals surface area (Å²) in [4.78, 5) is 25.6. The number of amides is 1. The van der Waals surface area contributed by atoms with Crippen LogP contribution >= 0.6 is 11.3 Å². The van der Waals surface area contributed by atoms with Crippen molar-refractivity contribution in [2.75, 3.05) is 5.32 Å². The van der Waals surface area contributed by atoms with E-state index in [4.69, 9.17) is 14.0 Å². The van der Waals surface area contributed by atoms with Gasteiger partial charge in [-0.2, -0.15) is 4.98 Å². The van der Waals surface area contributed by atoms with Crippen LogP contribution in [-0.2, 0) is 14.0 Å². The summed E-state index contributed by atoms with van der Waals surface area (Å²) in [5, 5.41) is 2.98. The summed E-state index contributed by atoms with van der Waals surface area (Å²) in [6.07, 6.45) is 1.02. The Bertz CT molecular complexity index is 830. The van der Waals surface area contributed by atoms with Gasteiger partial charge in [-0.25, -0.2) is 14.8 Å². The molecule has 2 aromatic heterocycles. The van der Waals surface area contributed by atoms with E-state index in [1.54, 1.807) is 27.0 Å². The normalized spacial score (nSPS) is 19.0. The molecule has 0 bridgehead atoms. The Morgan fingerprint density at radius 2 is 1.81 bits per heavy atom. The number of anilines is 1. The van der Waals surface area contributed by atoms with E-state index in [1.807, 2.05) is 27.7 Å². The maximum Gasteiger partial charge on any atom is 0.516 e. The third kappa shape index (κ3) is 3.82. The molecule has 0 atom stereocenters. The molecule has 3 heterocycles. The maximum absolute atomic E-state index is 11.9. The fourth-order valence-corrected chi connectivity index (χ4v) is 3.05. The summed E-state index contributed by atoms with van der Waals surface area (Å²) in [5.41, 5.74) is -0.470. The summed E-state index contributed by atoms with van der Waals surface area (Å²) in [6.45, 7) is 13.3. The van der Waals surface area contributed by atoms with Gasteiger partial charge in [0, 0.05) is 6.20 Å². The first-order valence-corrected chi connectivity index (χ1v) is 9.17. The van der Waals surface area contributed by atoms with Gasteiger partial charge in [-0.05, 0) is 48.5 Å². The van der Waals surface area contributed by atoms with Crippen LogP contribution in [-0.4, -0.2) is 45.0 Å². The summed E-state index contributed by atoms with van der Waals surface area (Å²) in [5.74, 6) is 0. The number of thiazole rings is 1. The SMILES string of the molecule is CC(C)(C)OC(=O)Nc1nc2ncc(B3OC(C)(C)C(C)(C)O3)nc2s1. The Morgan fingerprint density at radius 1 is 1.19 bits per heavy atom. The van der Waals surface area contributed by atoms with Gasteiger partial charge >= 0.3 is 13.2 Å². The number of fused-ring (bicyclic) bond motifs is 1. The molecule has 8 nitrogen and oxygen atoms in total. The molecule has 3 rings (SSSR count). The van der Waals surface area contributed by atoms with Crippen LogP contribution < -0.4 is 10.9 Å². The zero-order valence-corrected chi connectivity index (χ0v) is 16.9. The molecule has 0 radical (unpaired) electrons. The molecule has 10 heteroatoms. The van der Waals surface area contributed by atoms with E-state index in [-0.39, 0.29) is 0 Å². The molecular formula is C16H23BN4O4S. The highest BCUT2D eigenvalue weighted by atomic mass is 32.1. The summed E-state index contributed by atoms with van der Waals surface area (Å²) in [7, 11) is -0.596. The smallest absolute Gasteiger partial charge is 0.444 e. The lowest BCUT2D eigenvalue weighted by Crippen LogP contribution is -2.41. The minimum absolute atomic E-state index is 0.375. The summed E-state index contributed by atoms with van der Waals surface area (Å²) < 4.78 is 17.2. The Morgan fingerprint density at radius 3 is 2.38 bits per heavy atom. The number of carbonyl (C=O) groups excluding carboxylic acids is 1. The van der Waals surface area contributed by atoms with E-state index in [0.29, 0.717) is 21.2 Å². The lowest BCUT2D eigenvalue weighted by atomic mass is 9.85. The first-order valence-electron chi connectivity index (χ1n) is 8.35. The van der Waals surface area contributed by atoms with Crippen molar-refractivity contribution < 1.29 is 18.8 Å². The average Bonchev–Trinajstić information content (AvgIpc) is 2.93. The number of ether oxygens (including phenoxy) is 1. The van der Waals surface area contributed by atoms with Gasteiger partial charge in [0.25, 0.3) is 0 Å². The van der Waals surface area contributed by atoms with Crippen molar-refractivity contribution in [2.24, 2.45) is 0 Å². The van der Waals surface area contributed by atoms with Gasteiger partial charge in [0.15, 0.2) is 15.6 Å². The van der Waals surface area contributed by atoms with E-state index in [1.165, 1.54) is 11.3 Å². The van der Waals surface area contributed by atoms with Gasteiger partial charge < -0.3 is 14.0 Å². The largest absolute Gasteiger partial charge is 0.516 e. The van der Waals surface area contributed by atoms with Crippen LogP contribution in [0.3, 0.4) is 0 Å². The molecule has 2 aromatic rings. The van der Waals surface area contributed by atoms with Crippen LogP contribution in [0.25, 0.3) is 10.5 Å². The molecule has 26 heavy (non-hydrogen) atoms. The van der Waals surface area contributed by atoms with Crippen molar-refractivity contribution in [3.8, 4) is 0 Å². The highest BCUT2D eigenvalue weighted by Crippen LogP contribution is 2.36. The molecule has 1 fully saturated rings. The number of hydrogen-bond donors (Lipinski definition) is 1. The molecule has 0 saturated carbocycles. The molecule has 0 unspecified atom stereocenters. The fraction of sp³-hybridized carbons (Fsp3) is 0.625. The lowest BCUT2D eigenvalue weighted by Gasteiger charge is -2.32. The minimum Gasteiger partial charge on any atom is -0.444 e. The second-order valence-electron chi connectivity index (χ2n) is 8.16. The van der Waals surface area contributed by atoms with Gasteiger partial charge in [0.2, 0.25) is 0 Å². The molecule has 140 valence electrons. The second-order valence-corrected chi connectivity index (χ2v) is 9.14. The highest BCUT2D eigenvalue weighted by molar-refractivity contribution is 7.21. The maximum atomic E-state index is 11.9. The van der Waals surface area contributed by atoms with Gasteiger partial charge in [0.1, 0.15) is 5.60 Å². The Balaban J connectivity index is 1.79. The molecular weight excluding hydrogens is 355 g/mol. The van der Waals surface area contributed by atoms with Crippen molar-refractivity contribution in [2.45, 2.75) is 65.3 Å². The third-order valence-electron chi connectivity index (χ3n) is 4.24. The summed E-state index contributed by atoms with van der Waals surface area (Å²) >= 11 is 1.22. The third-order valence-corrected chi connectivity index (χ3v) is 5.10. The molecule has 1 amide bonds. The number of aromatic nitrogens is 3. The number of carbonyl (C=O) groups is 1. The van der Waals surface area contributed by atoms with E-state index in [2.05, 4.69) is 20.3 Å². The molecule has 1 N–H and O–H groups in total. The predicted octanol–water partition coefficient (Wildman–Crippen LogP) is 2.73. The van der Waals surface area contributed by atoms with E-state index < -0.39 is 30.0 Å². The van der Waals surface area contributed by atoms with Crippen molar-refractivity contribution in [1.29, 1.82) is 0 Å². The second kappa shape index (κ2) is 6.14. The zero-order chi connectivity index (χ0) is 19.3. The average molecular weight is 378 g/mol. The van der Waals surface area contributed by atoms with Gasteiger partial charge in [-0.3, -0.25) is 5.32 Å². The van der Waals surface area contributed by atoms with Gasteiger partial charge in [0.05, 0.1) is 16.8 Å². The first kappa shape index (κ1) is 19.0. The van der Waals surface area contributed by atoms with Crippen LogP contribution in [0.4, 0.5) is 9.93 Å². The lowest BCUT2D eigenvalue weighted by molar-refractivity contribution is 0.00578. The number of nitrogens with zero attached hydrogens (tertiary/aromatic N) is 3. The Hall–Kier alpha value is -1.78. The quantitative estimate of drug-likeness (QED) is 0.803. The van der Waals surface area contributed by atoms with Crippen LogP contribution in [0, 0.1) is 0 Å². The van der Waals surface area contributed by atoms with Crippen molar-refractivity contribution in [3.63, 3.8) is 0 Å². The van der Waals surface area contributed by atoms with E-state index in [0.717, 1.165) is 0 Å². The zero-order valence-electron chi connectivity index (χ0n) is 16.0. The monoisotopic (exact) mass is 378 g/mol. The van der Waals surface area contributed by atoms with Crippen LogP contribution in [0.1, 0.15) is 48.5 Å².